The molecule has 0 unspecified atom stereocenters. The molecule has 3 rings (SSSR count). The van der Waals surface area contributed by atoms with Gasteiger partial charge in [0.05, 0.1) is 0 Å². The number of benzene rings is 2. The van der Waals surface area contributed by atoms with Crippen LogP contribution >= 0.6 is 23.2 Å². The highest BCUT2D eigenvalue weighted by molar-refractivity contribution is 6.36. The van der Waals surface area contributed by atoms with E-state index in [9.17, 15) is 9.59 Å². The fourth-order valence-corrected chi connectivity index (χ4v) is 3.80. The van der Waals surface area contributed by atoms with Crippen molar-refractivity contribution in [2.24, 2.45) is 0 Å². The number of ether oxygens (including phenoxy) is 2. The molecule has 2 aromatic rings. The van der Waals surface area contributed by atoms with E-state index in [0.29, 0.717) is 46.7 Å². The molecule has 1 heterocycles. The molecule has 2 aromatic carbocycles. The van der Waals surface area contributed by atoms with Gasteiger partial charge in [-0.3, -0.25) is 9.59 Å². The summed E-state index contributed by atoms with van der Waals surface area (Å²) in [4.78, 5) is 26.9. The number of amides is 2. The number of aryl methyl sites for hydroxylation is 1. The van der Waals surface area contributed by atoms with Gasteiger partial charge in [0.25, 0.3) is 0 Å². The second-order valence-electron chi connectivity index (χ2n) is 6.99. The Morgan fingerprint density at radius 1 is 1.10 bits per heavy atom. The van der Waals surface area contributed by atoms with Gasteiger partial charge in [-0.1, -0.05) is 35.3 Å². The van der Waals surface area contributed by atoms with Crippen molar-refractivity contribution >= 4 is 35.0 Å². The number of nitrogens with one attached hydrogen (secondary N) is 1. The van der Waals surface area contributed by atoms with E-state index in [2.05, 4.69) is 5.32 Å². The van der Waals surface area contributed by atoms with Gasteiger partial charge in [-0.05, 0) is 43.2 Å². The molecule has 0 bridgehead atoms. The van der Waals surface area contributed by atoms with Gasteiger partial charge in [-0.15, -0.1) is 0 Å². The molecule has 160 valence electrons. The van der Waals surface area contributed by atoms with Crippen molar-refractivity contribution in [1.82, 2.24) is 10.2 Å². The zero-order valence-electron chi connectivity index (χ0n) is 16.9. The minimum Gasteiger partial charge on any atom is -0.486 e. The predicted octanol–water partition coefficient (Wildman–Crippen LogP) is 3.86. The van der Waals surface area contributed by atoms with Crippen molar-refractivity contribution in [3.8, 4) is 11.5 Å². The van der Waals surface area contributed by atoms with Gasteiger partial charge in [0.2, 0.25) is 11.8 Å². The lowest BCUT2D eigenvalue weighted by molar-refractivity contribution is -0.140. The van der Waals surface area contributed by atoms with Crippen molar-refractivity contribution < 1.29 is 19.1 Å². The first-order valence-corrected chi connectivity index (χ1v) is 10.5. The Morgan fingerprint density at radius 2 is 1.77 bits per heavy atom. The molecule has 0 radical (unpaired) electrons. The van der Waals surface area contributed by atoms with Crippen LogP contribution in [-0.4, -0.2) is 43.0 Å². The maximum Gasteiger partial charge on any atom is 0.242 e. The van der Waals surface area contributed by atoms with Gasteiger partial charge >= 0.3 is 0 Å². The van der Waals surface area contributed by atoms with Crippen LogP contribution < -0.4 is 14.8 Å². The molecule has 6 nitrogen and oxygen atoms in total. The van der Waals surface area contributed by atoms with Crippen LogP contribution in [0.4, 0.5) is 0 Å². The van der Waals surface area contributed by atoms with Gasteiger partial charge in [0.15, 0.2) is 11.5 Å². The largest absolute Gasteiger partial charge is 0.486 e. The molecule has 0 spiro atoms. The van der Waals surface area contributed by atoms with Gasteiger partial charge in [0.1, 0.15) is 19.3 Å². The van der Waals surface area contributed by atoms with E-state index in [4.69, 9.17) is 32.7 Å². The maximum absolute atomic E-state index is 13.1. The zero-order valence-corrected chi connectivity index (χ0v) is 18.4. The van der Waals surface area contributed by atoms with Crippen molar-refractivity contribution in [1.29, 1.82) is 0 Å². The van der Waals surface area contributed by atoms with Crippen LogP contribution in [0.3, 0.4) is 0 Å². The molecule has 0 aromatic heterocycles. The quantitative estimate of drug-likeness (QED) is 0.695. The van der Waals surface area contributed by atoms with Crippen molar-refractivity contribution in [2.75, 3.05) is 20.3 Å². The summed E-state index contributed by atoms with van der Waals surface area (Å²) in [6.07, 6.45) is 0.728. The first-order chi connectivity index (χ1) is 14.4. The zero-order chi connectivity index (χ0) is 21.7. The summed E-state index contributed by atoms with van der Waals surface area (Å²) in [6.45, 7) is 2.87. The molecular formula is C22H24Cl2N2O4. The third-order valence-electron chi connectivity index (χ3n) is 5.04. The summed E-state index contributed by atoms with van der Waals surface area (Å²) in [6, 6.07) is 10.1. The first-order valence-electron chi connectivity index (χ1n) is 9.73. The molecule has 0 saturated heterocycles. The number of hydrogen-bond acceptors (Lipinski definition) is 4. The van der Waals surface area contributed by atoms with Crippen molar-refractivity contribution in [3.63, 3.8) is 0 Å². The summed E-state index contributed by atoms with van der Waals surface area (Å²) in [7, 11) is 1.54. The van der Waals surface area contributed by atoms with Crippen LogP contribution in [0.1, 0.15) is 24.5 Å². The summed E-state index contributed by atoms with van der Waals surface area (Å²) >= 11 is 12.6. The van der Waals surface area contributed by atoms with Crippen LogP contribution in [0.2, 0.25) is 10.0 Å². The molecule has 30 heavy (non-hydrogen) atoms. The third kappa shape index (κ3) is 5.18. The Kier molecular flexibility index (Phi) is 7.45. The number of fused-ring (bicyclic) bond motifs is 1. The third-order valence-corrected chi connectivity index (χ3v) is 5.75. The number of halogens is 2. The number of rotatable bonds is 7. The standard InChI is InChI=1S/C22H24Cl2N2O4/c1-14(22(28)25-2)26(13-16-17(23)4-3-5-18(16)24)21(27)9-7-15-6-8-19-20(12-15)30-11-10-29-19/h3-6,8,12,14H,7,9-11,13H2,1-2H3,(H,25,28)/t14-/m1/s1. The van der Waals surface area contributed by atoms with E-state index in [1.54, 1.807) is 32.2 Å². The molecule has 2 amide bonds. The average Bonchev–Trinajstić information content (AvgIpc) is 2.76. The summed E-state index contributed by atoms with van der Waals surface area (Å²) in [5, 5.41) is 3.50. The van der Waals surface area contributed by atoms with E-state index in [0.717, 1.165) is 5.56 Å². The number of hydrogen-bond donors (Lipinski definition) is 1. The second-order valence-corrected chi connectivity index (χ2v) is 7.80. The Bertz CT molecular complexity index is 915. The molecule has 8 heteroatoms. The average molecular weight is 451 g/mol. The lowest BCUT2D eigenvalue weighted by Gasteiger charge is -2.29. The lowest BCUT2D eigenvalue weighted by Crippen LogP contribution is -2.46. The Balaban J connectivity index is 1.75. The Labute approximate surface area is 186 Å². The topological polar surface area (TPSA) is 67.9 Å². The van der Waals surface area contributed by atoms with Crippen LogP contribution in [0.25, 0.3) is 0 Å². The molecule has 0 fully saturated rings. The SMILES string of the molecule is CNC(=O)[C@@H](C)N(Cc1c(Cl)cccc1Cl)C(=O)CCc1ccc2c(c1)OCCO2. The van der Waals surface area contributed by atoms with E-state index in [1.165, 1.54) is 4.90 Å². The fourth-order valence-electron chi connectivity index (χ4n) is 3.28. The second kappa shape index (κ2) is 10.0. The molecule has 1 atom stereocenters. The number of carbonyl (C=O) groups excluding carboxylic acids is 2. The lowest BCUT2D eigenvalue weighted by atomic mass is 10.1. The van der Waals surface area contributed by atoms with E-state index in [-0.39, 0.29) is 24.8 Å². The van der Waals surface area contributed by atoms with Crippen LogP contribution in [0, 0.1) is 0 Å². The minimum absolute atomic E-state index is 0.146. The summed E-state index contributed by atoms with van der Waals surface area (Å²) in [5.74, 6) is 0.965. The molecular weight excluding hydrogens is 427 g/mol. The smallest absolute Gasteiger partial charge is 0.242 e. The molecule has 1 N–H and O–H groups in total. The monoisotopic (exact) mass is 450 g/mol. The fraction of sp³-hybridized carbons (Fsp3) is 0.364. The van der Waals surface area contributed by atoms with Gasteiger partial charge in [0, 0.05) is 35.6 Å². The van der Waals surface area contributed by atoms with E-state index >= 15 is 0 Å². The minimum atomic E-state index is -0.671. The van der Waals surface area contributed by atoms with Crippen molar-refractivity contribution in [3.05, 3.63) is 57.6 Å². The highest BCUT2D eigenvalue weighted by Gasteiger charge is 2.26. The van der Waals surface area contributed by atoms with E-state index < -0.39 is 6.04 Å². The number of likely N-dealkylation sites (N-methyl/N-ethyl adjacent to an activating group) is 1. The molecule has 1 aliphatic rings. The van der Waals surface area contributed by atoms with Crippen LogP contribution in [0.15, 0.2) is 36.4 Å². The van der Waals surface area contributed by atoms with Gasteiger partial charge in [-0.2, -0.15) is 0 Å². The van der Waals surface area contributed by atoms with E-state index in [1.807, 2.05) is 18.2 Å². The number of carbonyl (C=O) groups is 2. The van der Waals surface area contributed by atoms with Gasteiger partial charge < -0.3 is 19.7 Å². The van der Waals surface area contributed by atoms with Crippen molar-refractivity contribution in [2.45, 2.75) is 32.4 Å². The van der Waals surface area contributed by atoms with Gasteiger partial charge in [-0.25, -0.2) is 0 Å². The summed E-state index contributed by atoms with van der Waals surface area (Å²) < 4.78 is 11.1. The molecule has 0 aliphatic carbocycles. The highest BCUT2D eigenvalue weighted by atomic mass is 35.5. The predicted molar refractivity (Wildman–Crippen MR) is 116 cm³/mol. The highest BCUT2D eigenvalue weighted by Crippen LogP contribution is 2.31. The van der Waals surface area contributed by atoms with Crippen LogP contribution in [-0.2, 0) is 22.6 Å². The Morgan fingerprint density at radius 3 is 2.43 bits per heavy atom. The summed E-state index contributed by atoms with van der Waals surface area (Å²) in [5.41, 5.74) is 1.57. The molecule has 0 saturated carbocycles. The van der Waals surface area contributed by atoms with Crippen LogP contribution in [0.5, 0.6) is 11.5 Å². The molecule has 1 aliphatic heterocycles. The maximum atomic E-state index is 13.1. The first kappa shape index (κ1) is 22.2. The Hall–Kier alpha value is -2.44. The number of nitrogens with zero attached hydrogens (tertiary/aromatic N) is 1. The normalized spacial score (nSPS) is 13.5.